The van der Waals surface area contributed by atoms with Crippen molar-refractivity contribution in [1.29, 1.82) is 0 Å². The van der Waals surface area contributed by atoms with Crippen LogP contribution in [0, 0.1) is 5.82 Å². The number of hydrogen-bond donors (Lipinski definition) is 1. The van der Waals surface area contributed by atoms with Crippen molar-refractivity contribution >= 4 is 11.7 Å². The SMILES string of the molecule is O=C(Cn1cnc(-c2ccc(F)cc2)cc1=O)Nc1ccccn1. The molecule has 24 heavy (non-hydrogen) atoms. The van der Waals surface area contributed by atoms with Crippen molar-refractivity contribution in [3.05, 3.63) is 77.2 Å². The van der Waals surface area contributed by atoms with Crippen LogP contribution in [-0.4, -0.2) is 20.4 Å². The van der Waals surface area contributed by atoms with Gasteiger partial charge in [-0.2, -0.15) is 0 Å². The zero-order valence-corrected chi connectivity index (χ0v) is 12.5. The molecule has 1 amide bonds. The lowest BCUT2D eigenvalue weighted by atomic mass is 10.1. The van der Waals surface area contributed by atoms with Crippen molar-refractivity contribution in [2.75, 3.05) is 5.32 Å². The first-order valence-corrected chi connectivity index (χ1v) is 7.15. The first-order chi connectivity index (χ1) is 11.6. The van der Waals surface area contributed by atoms with Crippen molar-refractivity contribution < 1.29 is 9.18 Å². The summed E-state index contributed by atoms with van der Waals surface area (Å²) < 4.78 is 14.1. The molecule has 6 nitrogen and oxygen atoms in total. The Morgan fingerprint density at radius 2 is 1.92 bits per heavy atom. The lowest BCUT2D eigenvalue weighted by Gasteiger charge is -2.07. The van der Waals surface area contributed by atoms with Crippen molar-refractivity contribution in [3.63, 3.8) is 0 Å². The maximum absolute atomic E-state index is 12.9. The van der Waals surface area contributed by atoms with Crippen LogP contribution in [0.5, 0.6) is 0 Å². The number of pyridine rings is 1. The van der Waals surface area contributed by atoms with Gasteiger partial charge in [0.1, 0.15) is 18.2 Å². The van der Waals surface area contributed by atoms with E-state index in [9.17, 15) is 14.0 Å². The molecule has 0 aliphatic carbocycles. The fourth-order valence-corrected chi connectivity index (χ4v) is 2.10. The molecule has 0 saturated carbocycles. The van der Waals surface area contributed by atoms with Crippen LogP contribution < -0.4 is 10.9 Å². The zero-order chi connectivity index (χ0) is 16.9. The summed E-state index contributed by atoms with van der Waals surface area (Å²) in [7, 11) is 0. The number of aromatic nitrogens is 3. The van der Waals surface area contributed by atoms with E-state index in [1.54, 1.807) is 24.4 Å². The number of amides is 1. The molecule has 120 valence electrons. The molecule has 0 bridgehead atoms. The number of halogens is 1. The third-order valence-electron chi connectivity index (χ3n) is 3.27. The Balaban J connectivity index is 1.74. The summed E-state index contributed by atoms with van der Waals surface area (Å²) in [5.74, 6) is -0.336. The number of nitrogens with one attached hydrogen (secondary N) is 1. The number of carbonyl (C=O) groups excluding carboxylic acids is 1. The van der Waals surface area contributed by atoms with E-state index in [1.807, 2.05) is 0 Å². The molecule has 0 radical (unpaired) electrons. The first kappa shape index (κ1) is 15.5. The van der Waals surface area contributed by atoms with E-state index < -0.39 is 0 Å². The van der Waals surface area contributed by atoms with Crippen LogP contribution in [0.25, 0.3) is 11.3 Å². The second-order valence-corrected chi connectivity index (χ2v) is 5.01. The molecule has 0 fully saturated rings. The van der Waals surface area contributed by atoms with Gasteiger partial charge < -0.3 is 5.32 Å². The van der Waals surface area contributed by atoms with Crippen LogP contribution in [-0.2, 0) is 11.3 Å². The molecule has 7 heteroatoms. The molecule has 2 aromatic heterocycles. The third kappa shape index (κ3) is 3.70. The Labute approximate surface area is 136 Å². The largest absolute Gasteiger partial charge is 0.309 e. The maximum atomic E-state index is 12.9. The van der Waals surface area contributed by atoms with Crippen molar-refractivity contribution in [3.8, 4) is 11.3 Å². The van der Waals surface area contributed by atoms with E-state index >= 15 is 0 Å². The highest BCUT2D eigenvalue weighted by Gasteiger charge is 2.08. The van der Waals surface area contributed by atoms with Gasteiger partial charge in [0, 0.05) is 17.8 Å². The van der Waals surface area contributed by atoms with Crippen LogP contribution in [0.4, 0.5) is 10.2 Å². The number of hydrogen-bond acceptors (Lipinski definition) is 4. The Morgan fingerprint density at radius 3 is 2.58 bits per heavy atom. The van der Waals surface area contributed by atoms with E-state index in [2.05, 4.69) is 15.3 Å². The number of benzene rings is 1. The molecule has 0 aliphatic heterocycles. The Bertz CT molecular complexity index is 908. The van der Waals surface area contributed by atoms with E-state index in [0.29, 0.717) is 17.1 Å². The van der Waals surface area contributed by atoms with E-state index in [0.717, 1.165) is 0 Å². The van der Waals surface area contributed by atoms with Gasteiger partial charge in [-0.15, -0.1) is 0 Å². The molecular weight excluding hydrogens is 311 g/mol. The molecular formula is C17H13FN4O2. The standard InChI is InChI=1S/C17H13FN4O2/c18-13-6-4-12(5-7-13)14-9-17(24)22(11-20-14)10-16(23)21-15-3-1-2-8-19-15/h1-9,11H,10H2,(H,19,21,23). The van der Waals surface area contributed by atoms with Gasteiger partial charge >= 0.3 is 0 Å². The Hall–Kier alpha value is -3.35. The van der Waals surface area contributed by atoms with Gasteiger partial charge in [-0.1, -0.05) is 6.07 Å². The summed E-state index contributed by atoms with van der Waals surface area (Å²) in [5, 5.41) is 2.59. The zero-order valence-electron chi connectivity index (χ0n) is 12.5. The summed E-state index contributed by atoms with van der Waals surface area (Å²) in [5.41, 5.74) is 0.667. The lowest BCUT2D eigenvalue weighted by molar-refractivity contribution is -0.116. The van der Waals surface area contributed by atoms with Crippen LogP contribution in [0.1, 0.15) is 0 Å². The van der Waals surface area contributed by atoms with Gasteiger partial charge in [-0.25, -0.2) is 14.4 Å². The van der Waals surface area contributed by atoms with Gasteiger partial charge in [0.25, 0.3) is 5.56 Å². The summed E-state index contributed by atoms with van der Waals surface area (Å²) in [6.07, 6.45) is 2.85. The fraction of sp³-hybridized carbons (Fsp3) is 0.0588. The number of carbonyl (C=O) groups is 1. The van der Waals surface area contributed by atoms with Gasteiger partial charge in [-0.05, 0) is 36.4 Å². The van der Waals surface area contributed by atoms with Crippen LogP contribution in [0.2, 0.25) is 0 Å². The molecule has 0 atom stereocenters. The molecule has 3 rings (SSSR count). The molecule has 0 spiro atoms. The Morgan fingerprint density at radius 1 is 1.12 bits per heavy atom. The van der Waals surface area contributed by atoms with E-state index in [4.69, 9.17) is 0 Å². The maximum Gasteiger partial charge on any atom is 0.254 e. The van der Waals surface area contributed by atoms with Crippen molar-refractivity contribution in [2.45, 2.75) is 6.54 Å². The monoisotopic (exact) mass is 324 g/mol. The number of anilines is 1. The van der Waals surface area contributed by atoms with Crippen LogP contribution in [0.3, 0.4) is 0 Å². The minimum Gasteiger partial charge on any atom is -0.309 e. The predicted molar refractivity (Wildman–Crippen MR) is 86.8 cm³/mol. The fourth-order valence-electron chi connectivity index (χ4n) is 2.10. The van der Waals surface area contributed by atoms with Crippen LogP contribution in [0.15, 0.2) is 65.8 Å². The Kier molecular flexibility index (Phi) is 4.42. The minimum absolute atomic E-state index is 0.174. The van der Waals surface area contributed by atoms with Gasteiger partial charge in [0.2, 0.25) is 5.91 Å². The quantitative estimate of drug-likeness (QED) is 0.797. The molecule has 0 unspecified atom stereocenters. The van der Waals surface area contributed by atoms with Gasteiger partial charge in [-0.3, -0.25) is 14.2 Å². The number of nitrogens with zero attached hydrogens (tertiary/aromatic N) is 3. The number of rotatable bonds is 4. The first-order valence-electron chi connectivity index (χ1n) is 7.15. The molecule has 3 aromatic rings. The van der Waals surface area contributed by atoms with Gasteiger partial charge in [0.15, 0.2) is 0 Å². The molecule has 1 N–H and O–H groups in total. The van der Waals surface area contributed by atoms with Crippen molar-refractivity contribution in [1.82, 2.24) is 14.5 Å². The van der Waals surface area contributed by atoms with E-state index in [1.165, 1.54) is 41.2 Å². The van der Waals surface area contributed by atoms with E-state index in [-0.39, 0.29) is 23.8 Å². The average molecular weight is 324 g/mol. The lowest BCUT2D eigenvalue weighted by Crippen LogP contribution is -2.27. The van der Waals surface area contributed by atoms with Crippen LogP contribution >= 0.6 is 0 Å². The highest BCUT2D eigenvalue weighted by atomic mass is 19.1. The summed E-state index contributed by atoms with van der Waals surface area (Å²) in [6, 6.07) is 12.1. The highest BCUT2D eigenvalue weighted by molar-refractivity contribution is 5.89. The second kappa shape index (κ2) is 6.82. The third-order valence-corrected chi connectivity index (χ3v) is 3.27. The summed E-state index contributed by atoms with van der Waals surface area (Å²) in [4.78, 5) is 32.2. The topological polar surface area (TPSA) is 76.9 Å². The molecule has 0 saturated heterocycles. The smallest absolute Gasteiger partial charge is 0.254 e. The minimum atomic E-state index is -0.382. The second-order valence-electron chi connectivity index (χ2n) is 5.01. The van der Waals surface area contributed by atoms with Crippen molar-refractivity contribution in [2.24, 2.45) is 0 Å². The molecule has 1 aromatic carbocycles. The predicted octanol–water partition coefficient (Wildman–Crippen LogP) is 2.08. The molecule has 2 heterocycles. The average Bonchev–Trinajstić information content (AvgIpc) is 2.58. The normalized spacial score (nSPS) is 10.4. The van der Waals surface area contributed by atoms with Gasteiger partial charge in [0.05, 0.1) is 12.0 Å². The molecule has 0 aliphatic rings. The summed E-state index contributed by atoms with van der Waals surface area (Å²) in [6.45, 7) is -0.174. The summed E-state index contributed by atoms with van der Waals surface area (Å²) >= 11 is 0. The highest BCUT2D eigenvalue weighted by Crippen LogP contribution is 2.15.